The highest BCUT2D eigenvalue weighted by Gasteiger charge is 2.07. The summed E-state index contributed by atoms with van der Waals surface area (Å²) in [7, 11) is 0. The number of halogens is 1. The molecule has 26 heavy (non-hydrogen) atoms. The van der Waals surface area contributed by atoms with Crippen molar-refractivity contribution in [3.8, 4) is 5.75 Å². The summed E-state index contributed by atoms with van der Waals surface area (Å²) in [6.07, 6.45) is 6.07. The number of benzene rings is 1. The molecule has 0 saturated carbocycles. The molecule has 0 atom stereocenters. The lowest BCUT2D eigenvalue weighted by atomic mass is 10.2. The molecular formula is C20H22ClN3O2. The number of hydrogen-bond acceptors (Lipinski definition) is 4. The van der Waals surface area contributed by atoms with Gasteiger partial charge < -0.3 is 15.0 Å². The molecule has 0 aliphatic heterocycles. The smallest absolute Gasteiger partial charge is 0.223 e. The van der Waals surface area contributed by atoms with Crippen molar-refractivity contribution < 1.29 is 5.11 Å². The number of hydrogen-bond donors (Lipinski definition) is 2. The monoisotopic (exact) mass is 371 g/mol. The van der Waals surface area contributed by atoms with Gasteiger partial charge in [0.25, 0.3) is 0 Å². The lowest BCUT2D eigenvalue weighted by molar-refractivity contribution is 0.446. The number of rotatable bonds is 7. The van der Waals surface area contributed by atoms with E-state index in [4.69, 9.17) is 11.6 Å². The van der Waals surface area contributed by atoms with Gasteiger partial charge in [0.15, 0.2) is 5.75 Å². The second-order valence-corrected chi connectivity index (χ2v) is 6.61. The minimum Gasteiger partial charge on any atom is -0.503 e. The third-order valence-corrected chi connectivity index (χ3v) is 4.68. The van der Waals surface area contributed by atoms with Gasteiger partial charge in [0, 0.05) is 47.6 Å². The molecule has 0 amide bonds. The molecule has 0 spiro atoms. The van der Waals surface area contributed by atoms with Crippen LogP contribution in [-0.4, -0.2) is 21.2 Å². The first-order valence-corrected chi connectivity index (χ1v) is 9.17. The Morgan fingerprint density at radius 3 is 2.88 bits per heavy atom. The molecule has 0 aliphatic rings. The molecule has 6 heteroatoms. The molecular weight excluding hydrogens is 350 g/mol. The van der Waals surface area contributed by atoms with E-state index < -0.39 is 0 Å². The number of anilines is 1. The Morgan fingerprint density at radius 2 is 2.08 bits per heavy atom. The number of fused-ring (bicyclic) bond motifs is 1. The lowest BCUT2D eigenvalue weighted by Gasteiger charge is -2.14. The Hall–Kier alpha value is -2.53. The van der Waals surface area contributed by atoms with Crippen LogP contribution in [0.1, 0.15) is 25.5 Å². The van der Waals surface area contributed by atoms with Crippen LogP contribution in [0.25, 0.3) is 10.9 Å². The second kappa shape index (κ2) is 8.23. The first-order valence-electron chi connectivity index (χ1n) is 8.79. The van der Waals surface area contributed by atoms with Gasteiger partial charge in [-0.1, -0.05) is 18.5 Å². The number of pyridine rings is 2. The van der Waals surface area contributed by atoms with E-state index in [9.17, 15) is 9.90 Å². The summed E-state index contributed by atoms with van der Waals surface area (Å²) in [6.45, 7) is 3.54. The van der Waals surface area contributed by atoms with Gasteiger partial charge in [0.2, 0.25) is 5.43 Å². The van der Waals surface area contributed by atoms with E-state index in [1.165, 1.54) is 6.07 Å². The number of nitrogens with zero attached hydrogens (tertiary/aromatic N) is 2. The minimum absolute atomic E-state index is 0.130. The van der Waals surface area contributed by atoms with Crippen molar-refractivity contribution in [3.63, 3.8) is 0 Å². The normalized spacial score (nSPS) is 11.0. The molecule has 0 radical (unpaired) electrons. The first kappa shape index (κ1) is 18.3. The summed E-state index contributed by atoms with van der Waals surface area (Å²) in [6, 6.07) is 9.08. The molecule has 1 aromatic carbocycles. The fourth-order valence-corrected chi connectivity index (χ4v) is 3.26. The van der Waals surface area contributed by atoms with Crippen LogP contribution < -0.4 is 10.7 Å². The molecule has 5 nitrogen and oxygen atoms in total. The number of nitrogens with one attached hydrogen (secondary N) is 1. The zero-order valence-corrected chi connectivity index (χ0v) is 15.5. The van der Waals surface area contributed by atoms with Gasteiger partial charge >= 0.3 is 0 Å². The third-order valence-electron chi connectivity index (χ3n) is 4.44. The molecule has 2 aromatic heterocycles. The zero-order chi connectivity index (χ0) is 18.5. The highest BCUT2D eigenvalue weighted by atomic mass is 35.5. The topological polar surface area (TPSA) is 67.2 Å². The predicted octanol–water partition coefficient (Wildman–Crippen LogP) is 4.21. The van der Waals surface area contributed by atoms with E-state index in [1.54, 1.807) is 12.4 Å². The van der Waals surface area contributed by atoms with Gasteiger partial charge in [-0.25, -0.2) is 0 Å². The maximum absolute atomic E-state index is 11.5. The maximum atomic E-state index is 11.5. The third kappa shape index (κ3) is 3.99. The molecule has 3 aromatic rings. The number of aryl methyl sites for hydroxylation is 1. The van der Waals surface area contributed by atoms with Crippen LogP contribution in [0.15, 0.2) is 47.5 Å². The molecule has 0 bridgehead atoms. The standard InChI is InChI=1S/C20H22ClN3O2/c1-2-18-20(26)19(25)8-12-24(18)11-4-3-9-22-16-7-10-23-17-13-14(21)5-6-15(16)17/h5-8,10,12-13,26H,2-4,9,11H2,1H3,(H,22,23). The molecule has 0 aliphatic carbocycles. The van der Waals surface area contributed by atoms with Gasteiger partial charge in [-0.15, -0.1) is 0 Å². The van der Waals surface area contributed by atoms with Crippen LogP contribution >= 0.6 is 11.6 Å². The highest BCUT2D eigenvalue weighted by Crippen LogP contribution is 2.24. The van der Waals surface area contributed by atoms with Crippen LogP contribution in [0.2, 0.25) is 5.02 Å². The van der Waals surface area contributed by atoms with Crippen LogP contribution in [-0.2, 0) is 13.0 Å². The Kier molecular flexibility index (Phi) is 5.78. The Balaban J connectivity index is 1.57. The summed E-state index contributed by atoms with van der Waals surface area (Å²) in [5.74, 6) is -0.130. The fourth-order valence-electron chi connectivity index (χ4n) is 3.09. The summed E-state index contributed by atoms with van der Waals surface area (Å²) >= 11 is 6.02. The number of unbranched alkanes of at least 4 members (excludes halogenated alkanes) is 1. The average molecular weight is 372 g/mol. The molecule has 0 saturated heterocycles. The van der Waals surface area contributed by atoms with Gasteiger partial charge in [-0.05, 0) is 43.5 Å². The molecule has 2 heterocycles. The van der Waals surface area contributed by atoms with Gasteiger partial charge in [-0.3, -0.25) is 9.78 Å². The molecule has 2 N–H and O–H groups in total. The van der Waals surface area contributed by atoms with E-state index in [1.807, 2.05) is 35.8 Å². The van der Waals surface area contributed by atoms with E-state index >= 15 is 0 Å². The highest BCUT2D eigenvalue weighted by molar-refractivity contribution is 6.31. The van der Waals surface area contributed by atoms with Crippen molar-refractivity contribution in [2.24, 2.45) is 0 Å². The van der Waals surface area contributed by atoms with Crippen molar-refractivity contribution >= 4 is 28.2 Å². The van der Waals surface area contributed by atoms with Crippen molar-refractivity contribution in [1.29, 1.82) is 0 Å². The largest absolute Gasteiger partial charge is 0.503 e. The summed E-state index contributed by atoms with van der Waals surface area (Å²) in [4.78, 5) is 15.9. The van der Waals surface area contributed by atoms with Crippen molar-refractivity contribution in [2.45, 2.75) is 32.7 Å². The molecule has 0 unspecified atom stereocenters. The number of aromatic nitrogens is 2. The average Bonchev–Trinajstić information content (AvgIpc) is 2.64. The molecule has 3 rings (SSSR count). The summed E-state index contributed by atoms with van der Waals surface area (Å²) in [5, 5.41) is 15.1. The van der Waals surface area contributed by atoms with Crippen molar-refractivity contribution in [3.05, 3.63) is 63.7 Å². The van der Waals surface area contributed by atoms with E-state index in [-0.39, 0.29) is 11.2 Å². The van der Waals surface area contributed by atoms with E-state index in [0.717, 1.165) is 42.5 Å². The fraction of sp³-hybridized carbons (Fsp3) is 0.300. The molecule has 136 valence electrons. The van der Waals surface area contributed by atoms with Crippen molar-refractivity contribution in [2.75, 3.05) is 11.9 Å². The van der Waals surface area contributed by atoms with Crippen LogP contribution in [0.3, 0.4) is 0 Å². The van der Waals surface area contributed by atoms with Crippen LogP contribution in [0, 0.1) is 0 Å². The summed E-state index contributed by atoms with van der Waals surface area (Å²) in [5.41, 5.74) is 2.30. The van der Waals surface area contributed by atoms with E-state index in [2.05, 4.69) is 10.3 Å². The quantitative estimate of drug-likeness (QED) is 0.610. The van der Waals surface area contributed by atoms with Crippen molar-refractivity contribution in [1.82, 2.24) is 9.55 Å². The molecule has 0 fully saturated rings. The number of aromatic hydroxyl groups is 1. The first-order chi connectivity index (χ1) is 12.6. The minimum atomic E-state index is -0.315. The summed E-state index contributed by atoms with van der Waals surface area (Å²) < 4.78 is 1.96. The maximum Gasteiger partial charge on any atom is 0.223 e. The van der Waals surface area contributed by atoms with Gasteiger partial charge in [0.1, 0.15) is 0 Å². The van der Waals surface area contributed by atoms with Gasteiger partial charge in [-0.2, -0.15) is 0 Å². The predicted molar refractivity (Wildman–Crippen MR) is 106 cm³/mol. The van der Waals surface area contributed by atoms with Crippen LogP contribution in [0.5, 0.6) is 5.75 Å². The second-order valence-electron chi connectivity index (χ2n) is 6.18. The zero-order valence-electron chi connectivity index (χ0n) is 14.7. The van der Waals surface area contributed by atoms with Gasteiger partial charge in [0.05, 0.1) is 11.2 Å². The lowest BCUT2D eigenvalue weighted by Crippen LogP contribution is -2.13. The Morgan fingerprint density at radius 1 is 1.23 bits per heavy atom. The van der Waals surface area contributed by atoms with E-state index in [0.29, 0.717) is 17.1 Å². The Bertz CT molecular complexity index is 969. The van der Waals surface area contributed by atoms with Crippen LogP contribution in [0.4, 0.5) is 5.69 Å². The SMILES string of the molecule is CCc1c(O)c(=O)ccn1CCCCNc1ccnc2cc(Cl)ccc12. The Labute approximate surface area is 157 Å².